The van der Waals surface area contributed by atoms with Gasteiger partial charge in [0.1, 0.15) is 0 Å². The molecule has 1 heterocycles. The summed E-state index contributed by atoms with van der Waals surface area (Å²) >= 11 is 0. The molecule has 0 aromatic heterocycles. The first-order valence-electron chi connectivity index (χ1n) is 4.59. The second kappa shape index (κ2) is 4.05. The third-order valence-corrected chi connectivity index (χ3v) is 2.27. The summed E-state index contributed by atoms with van der Waals surface area (Å²) in [6.45, 7) is 5.72. The zero-order valence-corrected chi connectivity index (χ0v) is 7.52. The van der Waals surface area contributed by atoms with Crippen molar-refractivity contribution in [3.8, 4) is 0 Å². The van der Waals surface area contributed by atoms with Crippen molar-refractivity contribution in [1.82, 2.24) is 5.12 Å². The van der Waals surface area contributed by atoms with Gasteiger partial charge in [0.25, 0.3) is 0 Å². The Hall–Kier alpha value is -0.110. The topological polar surface area (TPSA) is 3.24 Å². The minimum Gasteiger partial charge on any atom is -0.146 e. The van der Waals surface area contributed by atoms with Crippen LogP contribution >= 0.6 is 0 Å². The maximum Gasteiger partial charge on any atom is 0.0318 e. The van der Waals surface area contributed by atoms with Crippen molar-refractivity contribution in [3.05, 3.63) is 0 Å². The van der Waals surface area contributed by atoms with E-state index in [1.165, 1.54) is 12.8 Å². The number of piperidine rings is 1. The molecule has 1 aliphatic rings. The van der Waals surface area contributed by atoms with E-state index in [-0.39, 0.29) is 0 Å². The lowest BCUT2D eigenvalue weighted by molar-refractivity contribution is -0.0197. The molecule has 1 aliphatic heterocycles. The summed E-state index contributed by atoms with van der Waals surface area (Å²) in [5, 5.41) is 0.969. The Morgan fingerprint density at radius 3 is 2.82 bits per heavy atom. The molecule has 1 rings (SSSR count). The second-order valence-electron chi connectivity index (χ2n) is 4.01. The molecule has 1 nitrogen and oxygen atoms in total. The standard InChI is InChI=1S/C9H18FN/c1-8(2)6-9-4-3-5-11(10)7-9/h8-9H,3-7H2,1-2H3. The highest BCUT2D eigenvalue weighted by Gasteiger charge is 2.19. The molecule has 1 fully saturated rings. The van der Waals surface area contributed by atoms with Crippen LogP contribution in [0.5, 0.6) is 0 Å². The minimum atomic E-state index is 0.605. The average Bonchev–Trinajstić information content (AvgIpc) is 1.85. The van der Waals surface area contributed by atoms with Crippen molar-refractivity contribution < 1.29 is 4.48 Å². The fourth-order valence-electron chi connectivity index (χ4n) is 1.87. The molecule has 0 amide bonds. The normalized spacial score (nSPS) is 27.8. The third-order valence-electron chi connectivity index (χ3n) is 2.27. The monoisotopic (exact) mass is 159 g/mol. The quantitative estimate of drug-likeness (QED) is 0.560. The average molecular weight is 159 g/mol. The molecule has 0 spiro atoms. The largest absolute Gasteiger partial charge is 0.146 e. The summed E-state index contributed by atoms with van der Waals surface area (Å²) in [5.74, 6) is 1.32. The summed E-state index contributed by atoms with van der Waals surface area (Å²) in [6.07, 6.45) is 3.44. The molecule has 0 N–H and O–H groups in total. The van der Waals surface area contributed by atoms with Gasteiger partial charge in [-0.25, -0.2) is 0 Å². The van der Waals surface area contributed by atoms with Gasteiger partial charge in [0.2, 0.25) is 0 Å². The van der Waals surface area contributed by atoms with Crippen molar-refractivity contribution in [2.75, 3.05) is 13.1 Å². The van der Waals surface area contributed by atoms with E-state index < -0.39 is 0 Å². The number of hydrogen-bond donors (Lipinski definition) is 0. The first-order chi connectivity index (χ1) is 5.18. The summed E-state index contributed by atoms with van der Waals surface area (Å²) in [6, 6.07) is 0. The second-order valence-corrected chi connectivity index (χ2v) is 4.01. The van der Waals surface area contributed by atoms with Gasteiger partial charge in [-0.2, -0.15) is 0 Å². The van der Waals surface area contributed by atoms with Crippen molar-refractivity contribution >= 4 is 0 Å². The van der Waals surface area contributed by atoms with Crippen molar-refractivity contribution in [3.63, 3.8) is 0 Å². The lowest BCUT2D eigenvalue weighted by Crippen LogP contribution is -2.29. The van der Waals surface area contributed by atoms with Crippen LogP contribution in [-0.2, 0) is 0 Å². The summed E-state index contributed by atoms with van der Waals surface area (Å²) < 4.78 is 12.7. The van der Waals surface area contributed by atoms with Crippen molar-refractivity contribution in [1.29, 1.82) is 0 Å². The van der Waals surface area contributed by atoms with Gasteiger partial charge in [-0.05, 0) is 31.1 Å². The van der Waals surface area contributed by atoms with E-state index in [0.717, 1.165) is 11.5 Å². The molecular weight excluding hydrogens is 141 g/mol. The number of rotatable bonds is 2. The lowest BCUT2D eigenvalue weighted by atomic mass is 9.91. The Morgan fingerprint density at radius 2 is 2.27 bits per heavy atom. The zero-order valence-electron chi connectivity index (χ0n) is 7.52. The molecule has 0 aromatic rings. The predicted octanol–water partition coefficient (Wildman–Crippen LogP) is 2.63. The molecule has 0 saturated carbocycles. The summed E-state index contributed by atoms with van der Waals surface area (Å²) in [7, 11) is 0. The van der Waals surface area contributed by atoms with Gasteiger partial charge in [0, 0.05) is 13.1 Å². The molecule has 2 heteroatoms. The van der Waals surface area contributed by atoms with E-state index in [0.29, 0.717) is 24.9 Å². The van der Waals surface area contributed by atoms with Crippen LogP contribution in [0.15, 0.2) is 0 Å². The van der Waals surface area contributed by atoms with Gasteiger partial charge in [0.05, 0.1) is 0 Å². The molecule has 0 aliphatic carbocycles. The maximum atomic E-state index is 12.7. The molecule has 1 unspecified atom stereocenters. The Labute approximate surface area is 68.5 Å². The van der Waals surface area contributed by atoms with E-state index in [1.54, 1.807) is 0 Å². The van der Waals surface area contributed by atoms with E-state index in [9.17, 15) is 4.48 Å². The zero-order chi connectivity index (χ0) is 8.27. The molecule has 66 valence electrons. The van der Waals surface area contributed by atoms with Crippen LogP contribution in [0.2, 0.25) is 0 Å². The van der Waals surface area contributed by atoms with Crippen LogP contribution in [0.4, 0.5) is 4.48 Å². The highest BCUT2D eigenvalue weighted by atomic mass is 19.2. The van der Waals surface area contributed by atoms with E-state index in [2.05, 4.69) is 13.8 Å². The smallest absolute Gasteiger partial charge is 0.0318 e. The van der Waals surface area contributed by atoms with E-state index in [1.807, 2.05) is 0 Å². The van der Waals surface area contributed by atoms with Gasteiger partial charge in [0.15, 0.2) is 0 Å². The Kier molecular flexibility index (Phi) is 3.31. The first kappa shape index (κ1) is 8.98. The Morgan fingerprint density at radius 1 is 1.55 bits per heavy atom. The molecular formula is C9H18FN. The molecule has 0 aromatic carbocycles. The molecule has 1 saturated heterocycles. The van der Waals surface area contributed by atoms with Gasteiger partial charge in [-0.3, -0.25) is 0 Å². The Balaban J connectivity index is 2.23. The van der Waals surface area contributed by atoms with Gasteiger partial charge < -0.3 is 0 Å². The Bertz CT molecular complexity index is 112. The highest BCUT2D eigenvalue weighted by Crippen LogP contribution is 2.22. The highest BCUT2D eigenvalue weighted by molar-refractivity contribution is 4.69. The minimum absolute atomic E-state index is 0.605. The van der Waals surface area contributed by atoms with E-state index in [4.69, 9.17) is 0 Å². The third kappa shape index (κ3) is 3.19. The van der Waals surface area contributed by atoms with Gasteiger partial charge in [-0.15, -0.1) is 9.60 Å². The fraction of sp³-hybridized carbons (Fsp3) is 1.00. The number of hydrogen-bond acceptors (Lipinski definition) is 1. The SMILES string of the molecule is CC(C)CC1CCCN(F)C1. The molecule has 0 bridgehead atoms. The van der Waals surface area contributed by atoms with Crippen LogP contribution in [0.3, 0.4) is 0 Å². The van der Waals surface area contributed by atoms with Crippen LogP contribution in [0, 0.1) is 11.8 Å². The van der Waals surface area contributed by atoms with Crippen LogP contribution in [0.25, 0.3) is 0 Å². The van der Waals surface area contributed by atoms with Crippen molar-refractivity contribution in [2.24, 2.45) is 11.8 Å². The van der Waals surface area contributed by atoms with Crippen LogP contribution in [-0.4, -0.2) is 18.2 Å². The van der Waals surface area contributed by atoms with Crippen LogP contribution in [0.1, 0.15) is 33.1 Å². The summed E-state index contributed by atoms with van der Waals surface area (Å²) in [5.41, 5.74) is 0. The summed E-state index contributed by atoms with van der Waals surface area (Å²) in [4.78, 5) is 0. The predicted molar refractivity (Wildman–Crippen MR) is 44.9 cm³/mol. The van der Waals surface area contributed by atoms with Crippen molar-refractivity contribution in [2.45, 2.75) is 33.1 Å². The van der Waals surface area contributed by atoms with E-state index >= 15 is 0 Å². The number of halogens is 1. The first-order valence-corrected chi connectivity index (χ1v) is 4.59. The molecule has 0 radical (unpaired) electrons. The fourth-order valence-corrected chi connectivity index (χ4v) is 1.87. The van der Waals surface area contributed by atoms with Gasteiger partial charge >= 0.3 is 0 Å². The lowest BCUT2D eigenvalue weighted by Gasteiger charge is -2.27. The van der Waals surface area contributed by atoms with Crippen LogP contribution < -0.4 is 0 Å². The molecule has 1 atom stereocenters. The number of nitrogens with zero attached hydrogens (tertiary/aromatic N) is 1. The maximum absolute atomic E-state index is 12.7. The molecule has 11 heavy (non-hydrogen) atoms. The van der Waals surface area contributed by atoms with Gasteiger partial charge in [-0.1, -0.05) is 13.8 Å².